The van der Waals surface area contributed by atoms with Crippen LogP contribution in [0.5, 0.6) is 0 Å². The van der Waals surface area contributed by atoms with Gasteiger partial charge < -0.3 is 15.0 Å². The fourth-order valence-electron chi connectivity index (χ4n) is 5.42. The monoisotopic (exact) mass is 446 g/mol. The molecule has 4 atom stereocenters. The Morgan fingerprint density at radius 3 is 2.48 bits per heavy atom. The largest absolute Gasteiger partial charge is 0.377 e. The van der Waals surface area contributed by atoms with Gasteiger partial charge in [0.25, 0.3) is 5.91 Å². The van der Waals surface area contributed by atoms with Gasteiger partial charge in [0.1, 0.15) is 0 Å². The van der Waals surface area contributed by atoms with Crippen LogP contribution in [0.4, 0.5) is 0 Å². The number of hydrogen-bond donors (Lipinski definition) is 1. The second-order valence-electron chi connectivity index (χ2n) is 9.67. The zero-order valence-electron chi connectivity index (χ0n) is 20.1. The number of methoxy groups -OCH3 is 1. The molecule has 0 aliphatic heterocycles. The number of fused-ring (bicyclic) bond motifs is 1. The smallest absolute Gasteiger partial charge is 0.251 e. The zero-order chi connectivity index (χ0) is 23.0. The molecule has 0 saturated heterocycles. The van der Waals surface area contributed by atoms with Gasteiger partial charge in [-0.15, -0.1) is 0 Å². The van der Waals surface area contributed by atoms with Gasteiger partial charge in [-0.25, -0.2) is 0 Å². The van der Waals surface area contributed by atoms with E-state index in [0.29, 0.717) is 12.1 Å². The number of carbonyl (C=O) groups is 1. The Bertz CT molecular complexity index is 909. The Morgan fingerprint density at radius 2 is 1.73 bits per heavy atom. The van der Waals surface area contributed by atoms with Gasteiger partial charge in [-0.05, 0) is 87.2 Å². The second kappa shape index (κ2) is 11.6. The van der Waals surface area contributed by atoms with Crippen LogP contribution in [0.3, 0.4) is 0 Å². The van der Waals surface area contributed by atoms with E-state index in [1.54, 1.807) is 0 Å². The Morgan fingerprint density at radius 1 is 0.970 bits per heavy atom. The van der Waals surface area contributed by atoms with Crippen molar-refractivity contribution in [2.75, 3.05) is 27.2 Å². The molecular weight excluding hydrogens is 408 g/mol. The zero-order valence-corrected chi connectivity index (χ0v) is 20.1. The minimum atomic E-state index is 0.0133. The van der Waals surface area contributed by atoms with Gasteiger partial charge in [-0.3, -0.25) is 4.79 Å². The average Bonchev–Trinajstić information content (AvgIpc) is 2.88. The van der Waals surface area contributed by atoms with Crippen molar-refractivity contribution in [2.45, 2.75) is 50.7 Å². The first-order valence-electron chi connectivity index (χ1n) is 12.5. The fourth-order valence-corrected chi connectivity index (χ4v) is 5.42. The topological polar surface area (TPSA) is 41.6 Å². The van der Waals surface area contributed by atoms with Crippen molar-refractivity contribution in [3.63, 3.8) is 0 Å². The summed E-state index contributed by atoms with van der Waals surface area (Å²) in [6.45, 7) is 1.82. The summed E-state index contributed by atoms with van der Waals surface area (Å²) in [6.07, 6.45) is 12.1. The molecule has 2 aliphatic rings. The first kappa shape index (κ1) is 23.7. The maximum atomic E-state index is 12.5. The fraction of sp³-hybridized carbons (Fsp3) is 0.483. The molecule has 1 N–H and O–H groups in total. The molecule has 1 amide bonds. The van der Waals surface area contributed by atoms with Crippen molar-refractivity contribution in [1.29, 1.82) is 0 Å². The number of ether oxygens (including phenoxy) is 1. The van der Waals surface area contributed by atoms with Gasteiger partial charge in [0.2, 0.25) is 0 Å². The summed E-state index contributed by atoms with van der Waals surface area (Å²) >= 11 is 0. The lowest BCUT2D eigenvalue weighted by molar-refractivity contribution is 0.0631. The molecule has 33 heavy (non-hydrogen) atoms. The number of carbonyl (C=O) groups excluding carboxylic acids is 1. The molecule has 4 heteroatoms. The summed E-state index contributed by atoms with van der Waals surface area (Å²) in [4.78, 5) is 15.0. The minimum absolute atomic E-state index is 0.0133. The maximum absolute atomic E-state index is 12.5. The van der Waals surface area contributed by atoms with E-state index in [9.17, 15) is 4.79 Å². The van der Waals surface area contributed by atoms with Crippen molar-refractivity contribution in [2.24, 2.45) is 11.8 Å². The molecule has 2 unspecified atom stereocenters. The van der Waals surface area contributed by atoms with Gasteiger partial charge in [0.05, 0.1) is 6.10 Å². The normalized spacial score (nSPS) is 24.5. The van der Waals surface area contributed by atoms with Crippen LogP contribution in [0.1, 0.15) is 48.9 Å². The van der Waals surface area contributed by atoms with Crippen LogP contribution >= 0.6 is 0 Å². The Kier molecular flexibility index (Phi) is 8.35. The third-order valence-electron chi connectivity index (χ3n) is 7.53. The van der Waals surface area contributed by atoms with Crippen molar-refractivity contribution in [3.05, 3.63) is 72.3 Å². The van der Waals surface area contributed by atoms with Crippen molar-refractivity contribution < 1.29 is 9.53 Å². The van der Waals surface area contributed by atoms with E-state index in [1.807, 2.05) is 49.6 Å². The molecule has 2 aliphatic carbocycles. The molecule has 0 spiro atoms. The van der Waals surface area contributed by atoms with E-state index >= 15 is 0 Å². The number of benzene rings is 2. The summed E-state index contributed by atoms with van der Waals surface area (Å²) < 4.78 is 5.57. The van der Waals surface area contributed by atoms with Crippen molar-refractivity contribution in [1.82, 2.24) is 10.2 Å². The van der Waals surface area contributed by atoms with E-state index in [2.05, 4.69) is 41.5 Å². The first-order valence-corrected chi connectivity index (χ1v) is 12.5. The van der Waals surface area contributed by atoms with Crippen molar-refractivity contribution in [3.8, 4) is 11.1 Å². The summed E-state index contributed by atoms with van der Waals surface area (Å²) in [5, 5.41) is 3.08. The van der Waals surface area contributed by atoms with Crippen LogP contribution in [-0.4, -0.2) is 50.2 Å². The van der Waals surface area contributed by atoms with Crippen LogP contribution in [0, 0.1) is 11.8 Å². The number of unbranched alkanes of at least 4 members (excludes halogenated alkanes) is 1. The quantitative estimate of drug-likeness (QED) is 0.405. The molecule has 176 valence electrons. The maximum Gasteiger partial charge on any atom is 0.251 e. The lowest BCUT2D eigenvalue weighted by Gasteiger charge is -2.41. The molecule has 1 saturated carbocycles. The van der Waals surface area contributed by atoms with Crippen LogP contribution in [0.2, 0.25) is 0 Å². The van der Waals surface area contributed by atoms with Gasteiger partial charge >= 0.3 is 0 Å². The third-order valence-corrected chi connectivity index (χ3v) is 7.53. The molecule has 2 aromatic rings. The third kappa shape index (κ3) is 6.33. The Balaban J connectivity index is 1.15. The highest BCUT2D eigenvalue weighted by atomic mass is 16.5. The highest BCUT2D eigenvalue weighted by Crippen LogP contribution is 2.39. The SMILES string of the molecule is CO[C@H]1C=CC2CC[C@H](N(C)CCCCNC(=O)c3ccc(-c4ccccc4)cc3)CC2C1. The standard InChI is InChI=1S/C29H38N2O2/c1-31(27-16-14-24-15-17-28(33-2)21-26(24)20-27)19-7-6-18-30-29(32)25-12-10-23(11-13-25)22-8-4-3-5-9-22/h3-5,8-13,15,17,24,26-28H,6-7,14,16,18-21H2,1-2H3,(H,30,32)/t24?,26?,27-,28-/m0/s1. The van der Waals surface area contributed by atoms with E-state index in [4.69, 9.17) is 4.74 Å². The summed E-state index contributed by atoms with van der Waals surface area (Å²) in [6, 6.07) is 18.8. The van der Waals surface area contributed by atoms with E-state index in [0.717, 1.165) is 48.9 Å². The summed E-state index contributed by atoms with van der Waals surface area (Å²) in [5.74, 6) is 1.52. The minimum Gasteiger partial charge on any atom is -0.377 e. The highest BCUT2D eigenvalue weighted by molar-refractivity contribution is 5.94. The number of nitrogens with zero attached hydrogens (tertiary/aromatic N) is 1. The van der Waals surface area contributed by atoms with Gasteiger partial charge in [0.15, 0.2) is 0 Å². The summed E-state index contributed by atoms with van der Waals surface area (Å²) in [7, 11) is 4.09. The van der Waals surface area contributed by atoms with Crippen LogP contribution in [0.25, 0.3) is 11.1 Å². The second-order valence-corrected chi connectivity index (χ2v) is 9.67. The number of allylic oxidation sites excluding steroid dienone is 1. The number of amides is 1. The van der Waals surface area contributed by atoms with Crippen LogP contribution < -0.4 is 5.32 Å². The Labute approximate surface area is 199 Å². The summed E-state index contributed by atoms with van der Waals surface area (Å²) in [5.41, 5.74) is 3.02. The van der Waals surface area contributed by atoms with E-state index < -0.39 is 0 Å². The van der Waals surface area contributed by atoms with Crippen molar-refractivity contribution >= 4 is 5.91 Å². The van der Waals surface area contributed by atoms with Crippen LogP contribution in [-0.2, 0) is 4.74 Å². The van der Waals surface area contributed by atoms with Gasteiger partial charge in [0, 0.05) is 25.3 Å². The predicted octanol–water partition coefficient (Wildman–Crippen LogP) is 5.56. The number of rotatable bonds is 9. The molecule has 0 aromatic heterocycles. The van der Waals surface area contributed by atoms with Crippen LogP contribution in [0.15, 0.2) is 66.7 Å². The molecule has 4 nitrogen and oxygen atoms in total. The number of nitrogens with one attached hydrogen (secondary N) is 1. The van der Waals surface area contributed by atoms with E-state index in [1.165, 1.54) is 31.2 Å². The number of hydrogen-bond acceptors (Lipinski definition) is 3. The first-order chi connectivity index (χ1) is 16.1. The lowest BCUT2D eigenvalue weighted by atomic mass is 9.71. The molecule has 1 fully saturated rings. The molecule has 0 heterocycles. The average molecular weight is 447 g/mol. The molecule has 0 radical (unpaired) electrons. The molecule has 0 bridgehead atoms. The predicted molar refractivity (Wildman–Crippen MR) is 135 cm³/mol. The van der Waals surface area contributed by atoms with Gasteiger partial charge in [-0.2, -0.15) is 0 Å². The molecular formula is C29H38N2O2. The molecule has 4 rings (SSSR count). The van der Waals surface area contributed by atoms with E-state index in [-0.39, 0.29) is 5.91 Å². The Hall–Kier alpha value is -2.43. The highest BCUT2D eigenvalue weighted by Gasteiger charge is 2.34. The van der Waals surface area contributed by atoms with Gasteiger partial charge in [-0.1, -0.05) is 54.6 Å². The lowest BCUT2D eigenvalue weighted by Crippen LogP contribution is -2.41. The molecule has 2 aromatic carbocycles.